The number of nitrogens with zero attached hydrogens (tertiary/aromatic N) is 2. The number of thiophene rings is 1. The van der Waals surface area contributed by atoms with Gasteiger partial charge in [-0.1, -0.05) is 13.3 Å². The molecule has 1 fully saturated rings. The van der Waals surface area contributed by atoms with Crippen LogP contribution in [0, 0.1) is 0 Å². The summed E-state index contributed by atoms with van der Waals surface area (Å²) in [6.45, 7) is 7.04. The molecule has 0 bridgehead atoms. The molecule has 0 spiro atoms. The topological polar surface area (TPSA) is 96.0 Å². The van der Waals surface area contributed by atoms with E-state index < -0.39 is 21.9 Å². The number of nitrogens with one attached hydrogen (secondary N) is 1. The van der Waals surface area contributed by atoms with Gasteiger partial charge in [0.25, 0.3) is 5.91 Å². The summed E-state index contributed by atoms with van der Waals surface area (Å²) >= 11 is 1.40. The van der Waals surface area contributed by atoms with Gasteiger partial charge in [-0.15, -0.1) is 11.3 Å². The van der Waals surface area contributed by atoms with Gasteiger partial charge in [0.15, 0.2) is 0 Å². The van der Waals surface area contributed by atoms with E-state index in [1.807, 2.05) is 6.92 Å². The Morgan fingerprint density at radius 3 is 2.56 bits per heavy atom. The highest BCUT2D eigenvalue weighted by Crippen LogP contribution is 2.38. The summed E-state index contributed by atoms with van der Waals surface area (Å²) in [5, 5.41) is 3.33. The van der Waals surface area contributed by atoms with Crippen LogP contribution in [0.3, 0.4) is 0 Å². The molecule has 184 valence electrons. The lowest BCUT2D eigenvalue weighted by atomic mass is 10.0. The summed E-state index contributed by atoms with van der Waals surface area (Å²) in [4.78, 5) is 29.0. The molecule has 0 aliphatic carbocycles. The highest BCUT2D eigenvalue weighted by atomic mass is 32.2. The maximum absolute atomic E-state index is 13.1. The zero-order chi connectivity index (χ0) is 24.5. The second kappa shape index (κ2) is 10.2. The Bertz CT molecular complexity index is 1170. The van der Waals surface area contributed by atoms with Gasteiger partial charge in [-0.25, -0.2) is 13.2 Å². The van der Waals surface area contributed by atoms with Crippen LogP contribution in [0.25, 0.3) is 0 Å². The average Bonchev–Trinajstić information content (AvgIpc) is 3.20. The number of piperidine rings is 1. The predicted molar refractivity (Wildman–Crippen MR) is 132 cm³/mol. The molecule has 0 radical (unpaired) electrons. The maximum atomic E-state index is 13.1. The van der Waals surface area contributed by atoms with Crippen LogP contribution >= 0.6 is 11.3 Å². The van der Waals surface area contributed by atoms with E-state index in [9.17, 15) is 18.0 Å². The van der Waals surface area contributed by atoms with Crippen molar-refractivity contribution < 1.29 is 22.7 Å². The Morgan fingerprint density at radius 2 is 1.91 bits per heavy atom. The lowest BCUT2D eigenvalue weighted by molar-refractivity contribution is 0.0600. The van der Waals surface area contributed by atoms with Crippen LogP contribution < -0.4 is 5.32 Å². The molecule has 10 heteroatoms. The van der Waals surface area contributed by atoms with Gasteiger partial charge in [0.1, 0.15) is 5.00 Å². The number of rotatable bonds is 6. The van der Waals surface area contributed by atoms with E-state index >= 15 is 0 Å². The second-order valence-corrected chi connectivity index (χ2v) is 11.8. The van der Waals surface area contributed by atoms with Crippen LogP contribution in [0.1, 0.15) is 64.3 Å². The first-order chi connectivity index (χ1) is 16.3. The Labute approximate surface area is 204 Å². The number of likely N-dealkylation sites (N-methyl/N-ethyl adjacent to an activating group) is 1. The number of hydrogen-bond donors (Lipinski definition) is 1. The van der Waals surface area contributed by atoms with Gasteiger partial charge in [-0.05, 0) is 62.6 Å². The summed E-state index contributed by atoms with van der Waals surface area (Å²) in [7, 11) is -2.27. The van der Waals surface area contributed by atoms with Crippen LogP contribution in [0.4, 0.5) is 5.00 Å². The zero-order valence-electron chi connectivity index (χ0n) is 19.8. The third-order valence-electron chi connectivity index (χ3n) is 6.66. The van der Waals surface area contributed by atoms with Crippen LogP contribution in [0.5, 0.6) is 0 Å². The van der Waals surface area contributed by atoms with E-state index in [1.165, 1.54) is 42.7 Å². The SMILES string of the molecule is CCN1CCc2c(sc(NC(=O)c3ccc(S(=O)(=O)N4CCCC[C@H]4C)cc3)c2C(=O)OC)C1. The molecular formula is C24H31N3O5S2. The number of amides is 1. The summed E-state index contributed by atoms with van der Waals surface area (Å²) < 4.78 is 32.7. The second-order valence-electron chi connectivity index (χ2n) is 8.76. The van der Waals surface area contributed by atoms with E-state index in [2.05, 4.69) is 17.1 Å². The highest BCUT2D eigenvalue weighted by molar-refractivity contribution is 7.89. The first-order valence-electron chi connectivity index (χ1n) is 11.6. The van der Waals surface area contributed by atoms with Gasteiger partial charge in [0, 0.05) is 36.1 Å². The minimum Gasteiger partial charge on any atom is -0.465 e. The highest BCUT2D eigenvalue weighted by Gasteiger charge is 2.32. The van der Waals surface area contributed by atoms with Crippen molar-refractivity contribution in [3.8, 4) is 0 Å². The summed E-state index contributed by atoms with van der Waals surface area (Å²) in [5.41, 5.74) is 1.68. The number of carbonyl (C=O) groups is 2. The quantitative estimate of drug-likeness (QED) is 0.601. The molecule has 1 saturated heterocycles. The summed E-state index contributed by atoms with van der Waals surface area (Å²) in [5.74, 6) is -0.860. The number of fused-ring (bicyclic) bond motifs is 1. The van der Waals surface area contributed by atoms with Gasteiger partial charge < -0.3 is 10.1 Å². The number of hydrogen-bond acceptors (Lipinski definition) is 7. The number of ether oxygens (including phenoxy) is 1. The van der Waals surface area contributed by atoms with Crippen LogP contribution in [-0.4, -0.2) is 62.3 Å². The Morgan fingerprint density at radius 1 is 1.18 bits per heavy atom. The average molecular weight is 506 g/mol. The lowest BCUT2D eigenvalue weighted by Crippen LogP contribution is -2.41. The first kappa shape index (κ1) is 24.8. The molecule has 4 rings (SSSR count). The zero-order valence-corrected chi connectivity index (χ0v) is 21.4. The Hall–Kier alpha value is -2.27. The van der Waals surface area contributed by atoms with Gasteiger partial charge in [-0.2, -0.15) is 4.31 Å². The Kier molecular flexibility index (Phi) is 7.42. The van der Waals surface area contributed by atoms with Gasteiger partial charge in [0.2, 0.25) is 10.0 Å². The molecule has 1 N–H and O–H groups in total. The third kappa shape index (κ3) is 4.77. The van der Waals surface area contributed by atoms with E-state index in [-0.39, 0.29) is 10.9 Å². The fraction of sp³-hybridized carbons (Fsp3) is 0.500. The minimum absolute atomic E-state index is 0.0352. The van der Waals surface area contributed by atoms with Gasteiger partial charge in [0.05, 0.1) is 17.6 Å². The Balaban J connectivity index is 1.55. The molecule has 2 aromatic rings. The van der Waals surface area contributed by atoms with Crippen molar-refractivity contribution in [2.75, 3.05) is 32.1 Å². The third-order valence-corrected chi connectivity index (χ3v) is 9.82. The smallest absolute Gasteiger partial charge is 0.341 e. The fourth-order valence-corrected chi connectivity index (χ4v) is 7.62. The molecule has 3 heterocycles. The molecule has 0 saturated carbocycles. The van der Waals surface area contributed by atoms with E-state index in [4.69, 9.17) is 4.74 Å². The van der Waals surface area contributed by atoms with Crippen LogP contribution in [0.2, 0.25) is 0 Å². The fourth-order valence-electron chi connectivity index (χ4n) is 4.65. The monoisotopic (exact) mass is 505 g/mol. The molecule has 2 aliphatic rings. The van der Waals surface area contributed by atoms with Gasteiger partial charge in [-0.3, -0.25) is 9.69 Å². The van der Waals surface area contributed by atoms with Crippen molar-refractivity contribution in [1.29, 1.82) is 0 Å². The first-order valence-corrected chi connectivity index (χ1v) is 13.9. The van der Waals surface area contributed by atoms with E-state index in [0.29, 0.717) is 22.7 Å². The normalized spacial score (nSPS) is 19.4. The van der Waals surface area contributed by atoms with Crippen LogP contribution in [0.15, 0.2) is 29.2 Å². The number of methoxy groups -OCH3 is 1. The molecule has 34 heavy (non-hydrogen) atoms. The molecule has 1 amide bonds. The van der Waals surface area contributed by atoms with Crippen molar-refractivity contribution in [3.05, 3.63) is 45.8 Å². The number of anilines is 1. The molecule has 2 aliphatic heterocycles. The van der Waals surface area contributed by atoms with Crippen molar-refractivity contribution in [3.63, 3.8) is 0 Å². The lowest BCUT2D eigenvalue weighted by Gasteiger charge is -2.32. The largest absolute Gasteiger partial charge is 0.465 e. The number of carbonyl (C=O) groups excluding carboxylic acids is 2. The van der Waals surface area contributed by atoms with Crippen molar-refractivity contribution >= 4 is 38.2 Å². The van der Waals surface area contributed by atoms with Gasteiger partial charge >= 0.3 is 5.97 Å². The summed E-state index contributed by atoms with van der Waals surface area (Å²) in [6, 6.07) is 5.95. The standard InChI is InChI=1S/C24H31N3O5S2/c1-4-26-14-12-19-20(15-26)33-23(21(19)24(29)32-3)25-22(28)17-8-10-18(11-9-17)34(30,31)27-13-6-5-7-16(27)2/h8-11,16H,4-7,12-15H2,1-3H3,(H,25,28)/t16-/m1/s1. The number of sulfonamides is 1. The van der Waals surface area contributed by atoms with Crippen molar-refractivity contribution in [2.24, 2.45) is 0 Å². The minimum atomic E-state index is -3.61. The maximum Gasteiger partial charge on any atom is 0.341 e. The van der Waals surface area contributed by atoms with Crippen LogP contribution in [-0.2, 0) is 27.7 Å². The number of esters is 1. The number of benzene rings is 1. The molecule has 1 aromatic heterocycles. The van der Waals surface area contributed by atoms with Crippen molar-refractivity contribution in [1.82, 2.24) is 9.21 Å². The van der Waals surface area contributed by atoms with E-state index in [0.717, 1.165) is 55.8 Å². The molecule has 1 aromatic carbocycles. The molecule has 1 atom stereocenters. The molecule has 8 nitrogen and oxygen atoms in total. The molecule has 0 unspecified atom stereocenters. The predicted octanol–water partition coefficient (Wildman–Crippen LogP) is 3.73. The van der Waals surface area contributed by atoms with E-state index in [1.54, 1.807) is 4.31 Å². The van der Waals surface area contributed by atoms with Crippen molar-refractivity contribution in [2.45, 2.75) is 57.0 Å². The molecular weight excluding hydrogens is 474 g/mol. The summed E-state index contributed by atoms with van der Waals surface area (Å²) in [6.07, 6.45) is 3.46.